The summed E-state index contributed by atoms with van der Waals surface area (Å²) in [5.74, 6) is 1.12. The Morgan fingerprint density at radius 3 is 2.44 bits per heavy atom. The maximum atomic E-state index is 13.6. The Hall–Kier alpha value is -1.55. The number of morpholine rings is 1. The van der Waals surface area contributed by atoms with Gasteiger partial charge >= 0.3 is 0 Å². The summed E-state index contributed by atoms with van der Waals surface area (Å²) in [6, 6.07) is 9.83. The fourth-order valence-corrected chi connectivity index (χ4v) is 5.78. The summed E-state index contributed by atoms with van der Waals surface area (Å²) in [5.41, 5.74) is 0.774. The number of hydrogen-bond acceptors (Lipinski definition) is 6. The molecule has 0 unspecified atom stereocenters. The van der Waals surface area contributed by atoms with E-state index in [1.54, 1.807) is 32.4 Å². The van der Waals surface area contributed by atoms with Crippen molar-refractivity contribution in [3.63, 3.8) is 0 Å². The predicted octanol–water partition coefficient (Wildman–Crippen LogP) is 3.92. The Bertz CT molecular complexity index is 1010. The van der Waals surface area contributed by atoms with Gasteiger partial charge in [-0.15, -0.1) is 0 Å². The number of hydrogen-bond donors (Lipinski definition) is 0. The Morgan fingerprint density at radius 2 is 1.75 bits per heavy atom. The van der Waals surface area contributed by atoms with Crippen molar-refractivity contribution in [2.24, 2.45) is 0 Å². The highest BCUT2D eigenvalue weighted by Gasteiger charge is 2.28. The van der Waals surface area contributed by atoms with E-state index in [-0.39, 0.29) is 16.5 Å². The molecule has 0 N–H and O–H groups in total. The van der Waals surface area contributed by atoms with Crippen molar-refractivity contribution in [2.75, 3.05) is 53.6 Å². The first-order valence-electron chi connectivity index (χ1n) is 10.3. The second kappa shape index (κ2) is 11.5. The third-order valence-corrected chi connectivity index (χ3v) is 7.87. The molecule has 0 amide bonds. The molecule has 0 atom stereocenters. The monoisotopic (exact) mass is 502 g/mol. The summed E-state index contributed by atoms with van der Waals surface area (Å²) in [5, 5.41) is 0.451. The molecular weight excluding hydrogens is 475 g/mol. The standard InChI is InChI=1S/C22H28Cl2N2O5S/c1-29-20-7-4-17(14-21(20)30-2)16-26(9-3-8-25-10-12-31-13-11-25)32(27,28)22-15-18(23)5-6-19(22)24/h4-7,14-15H,3,8-13,16H2,1-2H3. The zero-order valence-electron chi connectivity index (χ0n) is 18.2. The van der Waals surface area contributed by atoms with Gasteiger partial charge in [0.1, 0.15) is 4.90 Å². The fraction of sp³-hybridized carbons (Fsp3) is 0.455. The van der Waals surface area contributed by atoms with E-state index in [1.807, 2.05) is 6.07 Å². The SMILES string of the molecule is COc1ccc(CN(CCCN2CCOCC2)S(=O)(=O)c2cc(Cl)ccc2Cl)cc1OC. The Labute approximate surface area is 199 Å². The van der Waals surface area contributed by atoms with Crippen LogP contribution in [0.4, 0.5) is 0 Å². The molecule has 0 saturated carbocycles. The minimum Gasteiger partial charge on any atom is -0.493 e. The minimum atomic E-state index is -3.89. The molecule has 0 radical (unpaired) electrons. The normalized spacial score (nSPS) is 15.2. The summed E-state index contributed by atoms with van der Waals surface area (Å²) in [4.78, 5) is 2.27. The van der Waals surface area contributed by atoms with Gasteiger partial charge in [0.25, 0.3) is 0 Å². The lowest BCUT2D eigenvalue weighted by atomic mass is 10.2. The Morgan fingerprint density at radius 1 is 1.03 bits per heavy atom. The molecule has 3 rings (SSSR count). The van der Waals surface area contributed by atoms with E-state index in [0.717, 1.165) is 25.2 Å². The molecule has 7 nitrogen and oxygen atoms in total. The van der Waals surface area contributed by atoms with Crippen molar-refractivity contribution in [1.29, 1.82) is 0 Å². The van der Waals surface area contributed by atoms with Crippen molar-refractivity contribution in [3.05, 3.63) is 52.0 Å². The number of sulfonamides is 1. The van der Waals surface area contributed by atoms with Crippen LogP contribution in [0.25, 0.3) is 0 Å². The average molecular weight is 503 g/mol. The predicted molar refractivity (Wildman–Crippen MR) is 125 cm³/mol. The number of benzene rings is 2. The van der Waals surface area contributed by atoms with Gasteiger partial charge in [0.2, 0.25) is 10.0 Å². The fourth-order valence-electron chi connectivity index (χ4n) is 3.58. The van der Waals surface area contributed by atoms with Crippen LogP contribution in [0, 0.1) is 0 Å². The molecule has 10 heteroatoms. The molecule has 0 bridgehead atoms. The number of ether oxygens (including phenoxy) is 3. The van der Waals surface area contributed by atoms with Crippen molar-refractivity contribution < 1.29 is 22.6 Å². The van der Waals surface area contributed by atoms with Gasteiger partial charge in [-0.25, -0.2) is 8.42 Å². The van der Waals surface area contributed by atoms with Gasteiger partial charge < -0.3 is 14.2 Å². The van der Waals surface area contributed by atoms with Crippen LogP contribution in [0.5, 0.6) is 11.5 Å². The van der Waals surface area contributed by atoms with Gasteiger partial charge in [0, 0.05) is 31.2 Å². The summed E-state index contributed by atoms with van der Waals surface area (Å²) in [6.45, 7) is 4.37. The Kier molecular flexibility index (Phi) is 9.04. The first kappa shape index (κ1) is 25.1. The van der Waals surface area contributed by atoms with Crippen LogP contribution in [0.15, 0.2) is 41.3 Å². The van der Waals surface area contributed by atoms with Gasteiger partial charge in [-0.2, -0.15) is 4.31 Å². The molecule has 1 aliphatic heterocycles. The Balaban J connectivity index is 1.85. The van der Waals surface area contributed by atoms with E-state index in [4.69, 9.17) is 37.4 Å². The van der Waals surface area contributed by atoms with Crippen molar-refractivity contribution in [1.82, 2.24) is 9.21 Å². The highest BCUT2D eigenvalue weighted by Crippen LogP contribution is 2.31. The third-order valence-electron chi connectivity index (χ3n) is 5.30. The average Bonchev–Trinajstić information content (AvgIpc) is 2.80. The largest absolute Gasteiger partial charge is 0.493 e. The minimum absolute atomic E-state index is 0.00137. The maximum absolute atomic E-state index is 13.6. The lowest BCUT2D eigenvalue weighted by molar-refractivity contribution is 0.0368. The molecule has 2 aromatic carbocycles. The van der Waals surface area contributed by atoms with Crippen LogP contribution in [0.3, 0.4) is 0 Å². The number of methoxy groups -OCH3 is 2. The van der Waals surface area contributed by atoms with Crippen LogP contribution < -0.4 is 9.47 Å². The molecule has 32 heavy (non-hydrogen) atoms. The van der Waals surface area contributed by atoms with Gasteiger partial charge in [0.15, 0.2) is 11.5 Å². The number of halogens is 2. The van der Waals surface area contributed by atoms with Gasteiger partial charge in [-0.1, -0.05) is 29.3 Å². The summed E-state index contributed by atoms with van der Waals surface area (Å²) >= 11 is 12.3. The van der Waals surface area contributed by atoms with Gasteiger partial charge in [0.05, 0.1) is 32.5 Å². The molecule has 1 aliphatic rings. The molecule has 0 spiro atoms. The van der Waals surface area contributed by atoms with Crippen LogP contribution in [-0.4, -0.2) is 71.2 Å². The highest BCUT2D eigenvalue weighted by molar-refractivity contribution is 7.89. The van der Waals surface area contributed by atoms with Crippen LogP contribution in [0.2, 0.25) is 10.0 Å². The first-order chi connectivity index (χ1) is 15.3. The molecule has 1 heterocycles. The molecule has 0 aliphatic carbocycles. The van der Waals surface area contributed by atoms with E-state index in [0.29, 0.717) is 42.7 Å². The van der Waals surface area contributed by atoms with E-state index >= 15 is 0 Å². The topological polar surface area (TPSA) is 68.3 Å². The second-order valence-electron chi connectivity index (χ2n) is 7.41. The lowest BCUT2D eigenvalue weighted by Gasteiger charge is -2.28. The van der Waals surface area contributed by atoms with Crippen molar-refractivity contribution >= 4 is 33.2 Å². The molecular formula is C22H28Cl2N2O5S. The number of nitrogens with zero attached hydrogens (tertiary/aromatic N) is 2. The molecule has 2 aromatic rings. The quantitative estimate of drug-likeness (QED) is 0.490. The zero-order chi connectivity index (χ0) is 23.1. The summed E-state index contributed by atoms with van der Waals surface area (Å²) in [7, 11) is -0.787. The van der Waals surface area contributed by atoms with E-state index in [1.165, 1.54) is 16.4 Å². The molecule has 0 aromatic heterocycles. The summed E-state index contributed by atoms with van der Waals surface area (Å²) in [6.07, 6.45) is 0.671. The van der Waals surface area contributed by atoms with Crippen LogP contribution in [-0.2, 0) is 21.3 Å². The second-order valence-corrected chi connectivity index (χ2v) is 10.2. The number of rotatable bonds is 10. The molecule has 176 valence electrons. The van der Waals surface area contributed by atoms with E-state index < -0.39 is 10.0 Å². The maximum Gasteiger partial charge on any atom is 0.244 e. The van der Waals surface area contributed by atoms with E-state index in [2.05, 4.69) is 4.90 Å². The summed E-state index contributed by atoms with van der Waals surface area (Å²) < 4.78 is 44.6. The zero-order valence-corrected chi connectivity index (χ0v) is 20.5. The van der Waals surface area contributed by atoms with Crippen molar-refractivity contribution in [3.8, 4) is 11.5 Å². The van der Waals surface area contributed by atoms with E-state index in [9.17, 15) is 8.42 Å². The van der Waals surface area contributed by atoms with Gasteiger partial charge in [-0.05, 0) is 48.9 Å². The van der Waals surface area contributed by atoms with Crippen LogP contribution >= 0.6 is 23.2 Å². The first-order valence-corrected chi connectivity index (χ1v) is 12.5. The third kappa shape index (κ3) is 6.27. The smallest absolute Gasteiger partial charge is 0.244 e. The van der Waals surface area contributed by atoms with Gasteiger partial charge in [-0.3, -0.25) is 4.90 Å². The lowest BCUT2D eigenvalue weighted by Crippen LogP contribution is -2.39. The molecule has 1 saturated heterocycles. The highest BCUT2D eigenvalue weighted by atomic mass is 35.5. The molecule has 1 fully saturated rings. The van der Waals surface area contributed by atoms with Crippen LogP contribution in [0.1, 0.15) is 12.0 Å². The van der Waals surface area contributed by atoms with Crippen molar-refractivity contribution in [2.45, 2.75) is 17.9 Å².